The molecule has 3 aromatic heterocycles. The van der Waals surface area contributed by atoms with E-state index in [0.29, 0.717) is 5.82 Å². The molecular weight excluding hydrogens is 326 g/mol. The van der Waals surface area contributed by atoms with E-state index in [-0.39, 0.29) is 5.41 Å². The van der Waals surface area contributed by atoms with Crippen molar-refractivity contribution < 1.29 is 0 Å². The summed E-state index contributed by atoms with van der Waals surface area (Å²) in [5.74, 6) is 0.698. The van der Waals surface area contributed by atoms with E-state index in [9.17, 15) is 0 Å². The van der Waals surface area contributed by atoms with E-state index in [0.717, 1.165) is 23.4 Å². The molecule has 0 bridgehead atoms. The van der Waals surface area contributed by atoms with Crippen molar-refractivity contribution in [3.05, 3.63) is 89.6 Å². The van der Waals surface area contributed by atoms with E-state index in [1.54, 1.807) is 11.0 Å². The molecule has 7 heteroatoms. The van der Waals surface area contributed by atoms with Crippen LogP contribution in [0, 0.1) is 0 Å². The van der Waals surface area contributed by atoms with Gasteiger partial charge in [-0.05, 0) is 28.1 Å². The first-order valence-electron chi connectivity index (χ1n) is 8.34. The van der Waals surface area contributed by atoms with Crippen molar-refractivity contribution in [2.75, 3.05) is 0 Å². The molecule has 0 spiro atoms. The lowest BCUT2D eigenvalue weighted by atomic mass is 9.70. The molecule has 4 aromatic rings. The fraction of sp³-hybridized carbons (Fsp3) is 0.105. The van der Waals surface area contributed by atoms with Gasteiger partial charge < -0.3 is 0 Å². The highest BCUT2D eigenvalue weighted by Crippen LogP contribution is 2.41. The predicted molar refractivity (Wildman–Crippen MR) is 95.5 cm³/mol. The number of H-pyrrole nitrogens is 1. The third kappa shape index (κ3) is 2.17. The minimum Gasteiger partial charge on any atom is -0.280 e. The Hall–Kier alpha value is -3.61. The molecule has 1 aliphatic rings. The van der Waals surface area contributed by atoms with Gasteiger partial charge in [0.15, 0.2) is 5.82 Å². The molecule has 0 fully saturated rings. The van der Waals surface area contributed by atoms with Crippen LogP contribution in [-0.2, 0) is 11.8 Å². The van der Waals surface area contributed by atoms with Gasteiger partial charge in [-0.25, -0.2) is 0 Å². The lowest BCUT2D eigenvalue weighted by Gasteiger charge is -2.33. The van der Waals surface area contributed by atoms with Crippen LogP contribution in [0.4, 0.5) is 0 Å². The molecule has 1 aromatic carbocycles. The normalized spacial score (nSPS) is 18.6. The van der Waals surface area contributed by atoms with Crippen LogP contribution in [-0.4, -0.2) is 35.4 Å². The second-order valence-electron chi connectivity index (χ2n) is 6.26. The van der Waals surface area contributed by atoms with Crippen LogP contribution in [0.3, 0.4) is 0 Å². The average molecular weight is 341 g/mol. The smallest absolute Gasteiger partial charge is 0.185 e. The highest BCUT2D eigenvalue weighted by Gasteiger charge is 2.37. The van der Waals surface area contributed by atoms with Gasteiger partial charge in [0.1, 0.15) is 6.33 Å². The van der Waals surface area contributed by atoms with Crippen molar-refractivity contribution in [3.8, 4) is 5.82 Å². The second kappa shape index (κ2) is 5.73. The number of nitrogens with one attached hydrogen (secondary N) is 1. The zero-order valence-corrected chi connectivity index (χ0v) is 13.8. The van der Waals surface area contributed by atoms with Gasteiger partial charge in [0.2, 0.25) is 0 Å². The Morgan fingerprint density at radius 2 is 1.92 bits per heavy atom. The number of pyridine rings is 1. The lowest BCUT2D eigenvalue weighted by molar-refractivity contribution is 0.601. The van der Waals surface area contributed by atoms with Gasteiger partial charge in [-0.3, -0.25) is 10.1 Å². The monoisotopic (exact) mass is 341 g/mol. The predicted octanol–water partition coefficient (Wildman–Crippen LogP) is 2.34. The first-order valence-corrected chi connectivity index (χ1v) is 8.34. The number of aromatic nitrogens is 7. The summed E-state index contributed by atoms with van der Waals surface area (Å²) >= 11 is 0. The molecule has 7 nitrogen and oxygen atoms in total. The zero-order chi connectivity index (χ0) is 17.4. The highest BCUT2D eigenvalue weighted by atomic mass is 15.5. The number of hydrogen-bond acceptors (Lipinski definition) is 5. The quantitative estimate of drug-likeness (QED) is 0.618. The van der Waals surface area contributed by atoms with E-state index in [2.05, 4.69) is 73.2 Å². The number of fused-ring (bicyclic) bond motifs is 1. The Labute approximate surface area is 149 Å². The summed E-state index contributed by atoms with van der Waals surface area (Å²) in [6.45, 7) is 0. The van der Waals surface area contributed by atoms with E-state index in [1.165, 1.54) is 5.56 Å². The van der Waals surface area contributed by atoms with Crippen molar-refractivity contribution >= 4 is 6.08 Å². The Morgan fingerprint density at radius 1 is 1.04 bits per heavy atom. The number of allylic oxidation sites excluding steroid dienone is 1. The van der Waals surface area contributed by atoms with E-state index in [4.69, 9.17) is 0 Å². The summed E-state index contributed by atoms with van der Waals surface area (Å²) < 4.78 is 1.57. The van der Waals surface area contributed by atoms with Crippen molar-refractivity contribution in [1.82, 2.24) is 35.4 Å². The summed E-state index contributed by atoms with van der Waals surface area (Å²) in [5.41, 5.74) is 3.89. The highest BCUT2D eigenvalue weighted by molar-refractivity contribution is 5.67. The Balaban J connectivity index is 1.67. The summed E-state index contributed by atoms with van der Waals surface area (Å²) in [7, 11) is 0. The summed E-state index contributed by atoms with van der Waals surface area (Å²) in [6.07, 6.45) is 8.40. The summed E-state index contributed by atoms with van der Waals surface area (Å²) in [4.78, 5) is 4.66. The SMILES string of the molecule is C1=CC(c2ccccc2)(c2ccccn2)Cc2[nH]nc(-n3cnnn3)c21. The fourth-order valence-corrected chi connectivity index (χ4v) is 3.57. The summed E-state index contributed by atoms with van der Waals surface area (Å²) in [6, 6.07) is 16.5. The fourth-order valence-electron chi connectivity index (χ4n) is 3.57. The molecule has 1 aliphatic carbocycles. The van der Waals surface area contributed by atoms with Gasteiger partial charge >= 0.3 is 0 Å². The number of benzene rings is 1. The molecule has 26 heavy (non-hydrogen) atoms. The largest absolute Gasteiger partial charge is 0.280 e. The molecule has 5 rings (SSSR count). The number of tetrazole rings is 1. The zero-order valence-electron chi connectivity index (χ0n) is 13.8. The van der Waals surface area contributed by atoms with Crippen molar-refractivity contribution in [3.63, 3.8) is 0 Å². The average Bonchev–Trinajstić information content (AvgIpc) is 3.38. The van der Waals surface area contributed by atoms with Crippen molar-refractivity contribution in [2.45, 2.75) is 11.8 Å². The van der Waals surface area contributed by atoms with Crippen LogP contribution in [0.1, 0.15) is 22.5 Å². The van der Waals surface area contributed by atoms with Crippen molar-refractivity contribution in [1.29, 1.82) is 0 Å². The molecule has 3 heterocycles. The van der Waals surface area contributed by atoms with Gasteiger partial charge in [0.25, 0.3) is 0 Å². The molecule has 0 saturated heterocycles. The van der Waals surface area contributed by atoms with Crippen LogP contribution >= 0.6 is 0 Å². The number of hydrogen-bond donors (Lipinski definition) is 1. The lowest BCUT2D eigenvalue weighted by Crippen LogP contribution is -2.31. The Kier molecular flexibility index (Phi) is 3.24. The minimum absolute atomic E-state index is 0.347. The standard InChI is InChI=1S/C19H15N7/c1-2-6-14(7-3-1)19(17-8-4-5-11-20-17)10-9-15-16(12-19)22-23-18(15)26-13-21-24-25-26/h1-11,13H,12H2,(H,22,23). The van der Waals surface area contributed by atoms with Crippen LogP contribution in [0.25, 0.3) is 11.9 Å². The van der Waals surface area contributed by atoms with Crippen molar-refractivity contribution in [2.24, 2.45) is 0 Å². The first-order chi connectivity index (χ1) is 12.9. The van der Waals surface area contributed by atoms with Crippen LogP contribution in [0.2, 0.25) is 0 Å². The molecular formula is C19H15N7. The topological polar surface area (TPSA) is 85.2 Å². The van der Waals surface area contributed by atoms with Gasteiger partial charge in [-0.15, -0.1) is 5.10 Å². The molecule has 0 amide bonds. The van der Waals surface area contributed by atoms with Gasteiger partial charge in [-0.1, -0.05) is 48.6 Å². The van der Waals surface area contributed by atoms with E-state index < -0.39 is 0 Å². The van der Waals surface area contributed by atoms with Gasteiger partial charge in [-0.2, -0.15) is 9.78 Å². The maximum atomic E-state index is 4.66. The molecule has 126 valence electrons. The second-order valence-corrected chi connectivity index (χ2v) is 6.26. The van der Waals surface area contributed by atoms with Crippen LogP contribution in [0.5, 0.6) is 0 Å². The minimum atomic E-state index is -0.347. The number of aromatic amines is 1. The maximum Gasteiger partial charge on any atom is 0.185 e. The number of nitrogens with zero attached hydrogens (tertiary/aromatic N) is 6. The Bertz CT molecular complexity index is 1010. The Morgan fingerprint density at radius 3 is 2.69 bits per heavy atom. The molecule has 1 atom stereocenters. The first kappa shape index (κ1) is 14.7. The third-order valence-electron chi connectivity index (χ3n) is 4.83. The summed E-state index contributed by atoms with van der Waals surface area (Å²) in [5, 5.41) is 18.9. The maximum absolute atomic E-state index is 4.66. The van der Waals surface area contributed by atoms with Gasteiger partial charge in [0, 0.05) is 23.9 Å². The van der Waals surface area contributed by atoms with Crippen LogP contribution in [0.15, 0.2) is 67.1 Å². The van der Waals surface area contributed by atoms with Crippen LogP contribution < -0.4 is 0 Å². The molecule has 0 aliphatic heterocycles. The van der Waals surface area contributed by atoms with E-state index >= 15 is 0 Å². The number of rotatable bonds is 3. The van der Waals surface area contributed by atoms with Gasteiger partial charge in [0.05, 0.1) is 11.1 Å². The third-order valence-corrected chi connectivity index (χ3v) is 4.83. The molecule has 0 radical (unpaired) electrons. The molecule has 1 N–H and O–H groups in total. The van der Waals surface area contributed by atoms with E-state index in [1.807, 2.05) is 24.4 Å². The molecule has 0 saturated carbocycles. The molecule has 1 unspecified atom stereocenters.